The minimum Gasteiger partial charge on any atom is -0.364 e. The number of likely N-dealkylation sites (N-methyl/N-ethyl adjacent to an activating group) is 1. The number of hydrogen-bond acceptors (Lipinski definition) is 6. The molecule has 3 heterocycles. The van der Waals surface area contributed by atoms with Gasteiger partial charge in [-0.25, -0.2) is 9.37 Å². The van der Waals surface area contributed by atoms with E-state index in [1.807, 2.05) is 4.90 Å². The van der Waals surface area contributed by atoms with Crippen molar-refractivity contribution in [2.75, 3.05) is 26.7 Å². The minimum absolute atomic E-state index is 0.415. The molecule has 0 aliphatic carbocycles. The lowest BCUT2D eigenvalue weighted by Gasteiger charge is -2.21. The lowest BCUT2D eigenvalue weighted by atomic mass is 10.1. The van der Waals surface area contributed by atoms with E-state index in [9.17, 15) is 18.8 Å². The number of thiazole rings is 1. The predicted molar refractivity (Wildman–Crippen MR) is 132 cm³/mol. The van der Waals surface area contributed by atoms with Crippen molar-refractivity contribution in [2.24, 2.45) is 11.5 Å². The summed E-state index contributed by atoms with van der Waals surface area (Å²) in [5, 5.41) is 0.997. The van der Waals surface area contributed by atoms with Crippen LogP contribution in [0.5, 0.6) is 0 Å². The van der Waals surface area contributed by atoms with Gasteiger partial charge >= 0.3 is 0 Å². The second kappa shape index (κ2) is 13.8. The molecule has 0 bridgehead atoms. The largest absolute Gasteiger partial charge is 0.364 e. The summed E-state index contributed by atoms with van der Waals surface area (Å²) in [6, 6.07) is 6.37. The number of nitrogens with zero attached hydrogens (tertiary/aromatic N) is 3. The Balaban J connectivity index is 0.000000186. The third-order valence-electron chi connectivity index (χ3n) is 5.07. The van der Waals surface area contributed by atoms with Crippen LogP contribution < -0.4 is 11.5 Å². The number of fused-ring (bicyclic) bond motifs is 1. The fourth-order valence-electron chi connectivity index (χ4n) is 3.23. The van der Waals surface area contributed by atoms with Gasteiger partial charge in [-0.1, -0.05) is 23.7 Å². The lowest BCUT2D eigenvalue weighted by Crippen LogP contribution is -2.27. The summed E-state index contributed by atoms with van der Waals surface area (Å²) >= 11 is 7.02. The molecule has 0 atom stereocenters. The number of rotatable bonds is 4. The number of piperidine rings is 1. The number of amides is 3. The van der Waals surface area contributed by atoms with Gasteiger partial charge in [0.2, 0.25) is 6.41 Å². The van der Waals surface area contributed by atoms with Crippen LogP contribution in [0.4, 0.5) is 4.39 Å². The van der Waals surface area contributed by atoms with Crippen molar-refractivity contribution in [2.45, 2.75) is 32.2 Å². The van der Waals surface area contributed by atoms with Crippen LogP contribution in [0.25, 0.3) is 6.08 Å². The van der Waals surface area contributed by atoms with E-state index >= 15 is 0 Å². The van der Waals surface area contributed by atoms with Crippen LogP contribution in [0.1, 0.15) is 45.2 Å². The van der Waals surface area contributed by atoms with Crippen molar-refractivity contribution in [3.8, 4) is 0 Å². The zero-order valence-electron chi connectivity index (χ0n) is 19.0. The fourth-order valence-corrected chi connectivity index (χ4v) is 4.40. The molecule has 1 saturated heterocycles. The van der Waals surface area contributed by atoms with Gasteiger partial charge in [-0.15, -0.1) is 11.3 Å². The molecule has 0 unspecified atom stereocenters. The molecule has 4 N–H and O–H groups in total. The molecule has 4 rings (SSSR count). The molecule has 0 spiro atoms. The van der Waals surface area contributed by atoms with Gasteiger partial charge in [0.1, 0.15) is 0 Å². The highest BCUT2D eigenvalue weighted by Gasteiger charge is 2.19. The summed E-state index contributed by atoms with van der Waals surface area (Å²) < 4.78 is 12.7. The normalized spacial score (nSPS) is 15.7. The first-order valence-electron chi connectivity index (χ1n) is 10.8. The molecular formula is C23H29ClFN5O3S. The van der Waals surface area contributed by atoms with Crippen LogP contribution in [-0.2, 0) is 22.6 Å². The van der Waals surface area contributed by atoms with Crippen LogP contribution in [-0.4, -0.2) is 59.7 Å². The number of benzene rings is 1. The predicted octanol–water partition coefficient (Wildman–Crippen LogP) is 2.99. The van der Waals surface area contributed by atoms with Gasteiger partial charge in [0.25, 0.3) is 11.8 Å². The van der Waals surface area contributed by atoms with Gasteiger partial charge in [-0.2, -0.15) is 0 Å². The summed E-state index contributed by atoms with van der Waals surface area (Å²) in [6.07, 6.45) is 6.61. The van der Waals surface area contributed by atoms with Crippen molar-refractivity contribution in [3.63, 3.8) is 0 Å². The number of carbonyl (C=O) groups is 3. The second-order valence-electron chi connectivity index (χ2n) is 7.85. The van der Waals surface area contributed by atoms with Gasteiger partial charge in [0.15, 0.2) is 10.8 Å². The Morgan fingerprint density at radius 3 is 2.29 bits per heavy atom. The Bertz CT molecular complexity index is 1010. The molecule has 2 aliphatic heterocycles. The van der Waals surface area contributed by atoms with Crippen molar-refractivity contribution in [1.82, 2.24) is 14.8 Å². The van der Waals surface area contributed by atoms with Crippen LogP contribution in [0.2, 0.25) is 5.02 Å². The number of hydrogen-bond donors (Lipinski definition) is 2. The zero-order chi connectivity index (χ0) is 25.1. The third kappa shape index (κ3) is 9.20. The summed E-state index contributed by atoms with van der Waals surface area (Å²) in [7, 11) is 2.06. The first kappa shape index (κ1) is 27.4. The Morgan fingerprint density at radius 2 is 1.76 bits per heavy atom. The molecule has 1 fully saturated rings. The molecule has 34 heavy (non-hydrogen) atoms. The van der Waals surface area contributed by atoms with Gasteiger partial charge in [0, 0.05) is 42.5 Å². The first-order valence-corrected chi connectivity index (χ1v) is 12.0. The van der Waals surface area contributed by atoms with Crippen LogP contribution in [0.15, 0.2) is 30.1 Å². The van der Waals surface area contributed by atoms with Gasteiger partial charge < -0.3 is 21.3 Å². The summed E-state index contributed by atoms with van der Waals surface area (Å²) in [4.78, 5) is 40.7. The van der Waals surface area contributed by atoms with Crippen molar-refractivity contribution in [3.05, 3.63) is 56.3 Å². The molecule has 184 valence electrons. The van der Waals surface area contributed by atoms with Crippen molar-refractivity contribution < 1.29 is 18.8 Å². The maximum absolute atomic E-state index is 12.7. The van der Waals surface area contributed by atoms with Crippen molar-refractivity contribution in [1.29, 1.82) is 0 Å². The number of aromatic nitrogens is 1. The summed E-state index contributed by atoms with van der Waals surface area (Å²) in [5.41, 5.74) is 11.5. The van der Waals surface area contributed by atoms with Crippen LogP contribution >= 0.6 is 22.9 Å². The molecule has 8 nitrogen and oxygen atoms in total. The third-order valence-corrected chi connectivity index (χ3v) is 6.42. The maximum atomic E-state index is 12.7. The molecular weight excluding hydrogens is 481 g/mol. The Kier molecular flexibility index (Phi) is 11.1. The van der Waals surface area contributed by atoms with E-state index in [1.54, 1.807) is 24.3 Å². The number of primary amides is 2. The van der Waals surface area contributed by atoms with E-state index in [4.69, 9.17) is 23.1 Å². The number of nitrogens with two attached hydrogens (primary N) is 2. The molecule has 1 aromatic carbocycles. The second-order valence-corrected chi connectivity index (χ2v) is 9.37. The molecule has 3 amide bonds. The standard InChI is InChI=1S/C9H7ClFNO.C8H11N3OS.C6H11NO/c10-7-3-1-6(2-4-7)5-8(11)9(12)13;1-11-3-2-5-6(4-11)13-8(10-5)7(9)12;8-6-7-4-2-1-3-5-7/h1-5H,(H2,12,13);2-4H2,1H3,(H2,9,12);6H,1-5H2/b8-5-;;. The van der Waals surface area contributed by atoms with E-state index in [1.165, 1.54) is 35.5 Å². The highest BCUT2D eigenvalue weighted by Crippen LogP contribution is 2.23. The SMILES string of the molecule is CN1CCc2nc(C(N)=O)sc2C1.NC(=O)/C(F)=C/c1ccc(Cl)cc1.O=CN1CCCCC1. The van der Waals surface area contributed by atoms with E-state index in [2.05, 4.69) is 16.9 Å². The number of likely N-dealkylation sites (tertiary alicyclic amines) is 1. The average Bonchev–Trinajstić information content (AvgIpc) is 3.25. The molecule has 2 aliphatic rings. The molecule has 0 saturated carbocycles. The highest BCUT2D eigenvalue weighted by molar-refractivity contribution is 7.13. The van der Waals surface area contributed by atoms with Gasteiger partial charge in [0.05, 0.1) is 5.69 Å². The monoisotopic (exact) mass is 509 g/mol. The number of carbonyl (C=O) groups excluding carboxylic acids is 3. The summed E-state index contributed by atoms with van der Waals surface area (Å²) in [5.74, 6) is -2.46. The summed E-state index contributed by atoms with van der Waals surface area (Å²) in [6.45, 7) is 3.85. The smallest absolute Gasteiger partial charge is 0.277 e. The number of halogens is 2. The maximum Gasteiger partial charge on any atom is 0.277 e. The Hall–Kier alpha value is -2.82. The molecule has 2 aromatic rings. The highest BCUT2D eigenvalue weighted by atomic mass is 35.5. The topological polar surface area (TPSA) is 123 Å². The molecule has 0 radical (unpaired) electrons. The van der Waals surface area contributed by atoms with Crippen LogP contribution in [0, 0.1) is 0 Å². The quantitative estimate of drug-likeness (QED) is 0.484. The van der Waals surface area contributed by atoms with E-state index in [0.717, 1.165) is 50.8 Å². The average molecular weight is 510 g/mol. The molecule has 11 heteroatoms. The van der Waals surface area contributed by atoms with E-state index in [0.29, 0.717) is 15.6 Å². The van der Waals surface area contributed by atoms with Crippen LogP contribution in [0.3, 0.4) is 0 Å². The Morgan fingerprint density at radius 1 is 1.12 bits per heavy atom. The Labute approximate surface area is 207 Å². The zero-order valence-corrected chi connectivity index (χ0v) is 20.6. The van der Waals surface area contributed by atoms with Crippen molar-refractivity contribution >= 4 is 47.2 Å². The van der Waals surface area contributed by atoms with Gasteiger partial charge in [-0.05, 0) is 50.1 Å². The van der Waals surface area contributed by atoms with E-state index in [-0.39, 0.29) is 0 Å². The van der Waals surface area contributed by atoms with E-state index < -0.39 is 17.6 Å². The lowest BCUT2D eigenvalue weighted by molar-refractivity contribution is -0.119. The van der Waals surface area contributed by atoms with Gasteiger partial charge in [-0.3, -0.25) is 14.4 Å². The molecule has 1 aromatic heterocycles. The fraction of sp³-hybridized carbons (Fsp3) is 0.391. The first-order chi connectivity index (χ1) is 16.2. The minimum atomic E-state index is -1.07.